The Morgan fingerprint density at radius 3 is 2.62 bits per heavy atom. The molecule has 0 bridgehead atoms. The van der Waals surface area contributed by atoms with Gasteiger partial charge in [0.25, 0.3) is 0 Å². The molecule has 0 unspecified atom stereocenters. The highest BCUT2D eigenvalue weighted by molar-refractivity contribution is 9.10. The molecule has 24 heavy (non-hydrogen) atoms. The Labute approximate surface area is 148 Å². The van der Waals surface area contributed by atoms with Crippen LogP contribution in [0.15, 0.2) is 59.1 Å². The highest BCUT2D eigenvalue weighted by Gasteiger charge is 2.13. The number of nitrogens with one attached hydrogen (secondary N) is 1. The van der Waals surface area contributed by atoms with Gasteiger partial charge in [-0.25, -0.2) is 0 Å². The monoisotopic (exact) mass is 385 g/mol. The summed E-state index contributed by atoms with van der Waals surface area (Å²) >= 11 is 3.46. The maximum atomic E-state index is 12.2. The van der Waals surface area contributed by atoms with Gasteiger partial charge in [-0.2, -0.15) is 4.80 Å². The van der Waals surface area contributed by atoms with Crippen LogP contribution in [-0.4, -0.2) is 26.1 Å². The summed E-state index contributed by atoms with van der Waals surface area (Å²) in [6.45, 7) is 1.96. The standard InChI is InChI=1S/C17H16BrN5O/c1-12(13-7-3-2-4-8-13)19-16(24)11-23-21-17(20-22-23)14-9-5-6-10-15(14)18/h2-10,12H,11H2,1H3,(H,19,24)/t12-/m1/s1. The third-order valence-electron chi connectivity index (χ3n) is 3.53. The van der Waals surface area contributed by atoms with Gasteiger partial charge in [0.15, 0.2) is 0 Å². The molecular weight excluding hydrogens is 370 g/mol. The molecule has 0 aliphatic carbocycles. The largest absolute Gasteiger partial charge is 0.348 e. The van der Waals surface area contributed by atoms with E-state index in [4.69, 9.17) is 0 Å². The second kappa shape index (κ2) is 7.35. The highest BCUT2D eigenvalue weighted by Crippen LogP contribution is 2.24. The number of amides is 1. The third-order valence-corrected chi connectivity index (χ3v) is 4.22. The predicted octanol–water partition coefficient (Wildman–Crippen LogP) is 2.98. The molecule has 1 N–H and O–H groups in total. The Bertz CT molecular complexity index is 834. The summed E-state index contributed by atoms with van der Waals surface area (Å²) < 4.78 is 0.881. The van der Waals surface area contributed by atoms with Crippen LogP contribution in [0.1, 0.15) is 18.5 Å². The number of carbonyl (C=O) groups excluding carboxylic acids is 1. The topological polar surface area (TPSA) is 72.7 Å². The first-order valence-electron chi connectivity index (χ1n) is 7.50. The number of carbonyl (C=O) groups is 1. The Morgan fingerprint density at radius 2 is 1.88 bits per heavy atom. The first-order valence-corrected chi connectivity index (χ1v) is 8.30. The van der Waals surface area contributed by atoms with Crippen molar-refractivity contribution in [2.24, 2.45) is 0 Å². The zero-order valence-corrected chi connectivity index (χ0v) is 14.6. The number of aromatic nitrogens is 4. The van der Waals surface area contributed by atoms with Gasteiger partial charge in [-0.15, -0.1) is 10.2 Å². The second-order valence-corrected chi connectivity index (χ2v) is 6.18. The molecule has 3 aromatic rings. The Hall–Kier alpha value is -2.54. The van der Waals surface area contributed by atoms with E-state index >= 15 is 0 Å². The Morgan fingerprint density at radius 1 is 1.17 bits per heavy atom. The Kier molecular flexibility index (Phi) is 5.00. The zero-order chi connectivity index (χ0) is 16.9. The van der Waals surface area contributed by atoms with Crippen molar-refractivity contribution in [2.45, 2.75) is 19.5 Å². The van der Waals surface area contributed by atoms with Crippen LogP contribution in [0.4, 0.5) is 0 Å². The molecule has 2 aromatic carbocycles. The molecule has 0 aliphatic heterocycles. The predicted molar refractivity (Wildman–Crippen MR) is 94.0 cm³/mol. The Balaban J connectivity index is 1.65. The lowest BCUT2D eigenvalue weighted by Gasteiger charge is -2.13. The lowest BCUT2D eigenvalue weighted by atomic mass is 10.1. The minimum Gasteiger partial charge on any atom is -0.348 e. The maximum Gasteiger partial charge on any atom is 0.244 e. The van der Waals surface area contributed by atoms with Gasteiger partial charge < -0.3 is 5.32 Å². The number of hydrogen-bond donors (Lipinski definition) is 1. The van der Waals surface area contributed by atoms with E-state index in [0.717, 1.165) is 15.6 Å². The van der Waals surface area contributed by atoms with Crippen LogP contribution in [0, 0.1) is 0 Å². The average Bonchev–Trinajstić information content (AvgIpc) is 3.04. The fourth-order valence-electron chi connectivity index (χ4n) is 2.30. The van der Waals surface area contributed by atoms with E-state index in [1.807, 2.05) is 61.5 Å². The zero-order valence-electron chi connectivity index (χ0n) is 13.1. The van der Waals surface area contributed by atoms with Crippen LogP contribution >= 0.6 is 15.9 Å². The van der Waals surface area contributed by atoms with Crippen LogP contribution in [0.3, 0.4) is 0 Å². The number of rotatable bonds is 5. The number of hydrogen-bond acceptors (Lipinski definition) is 4. The van der Waals surface area contributed by atoms with Crippen molar-refractivity contribution in [1.82, 2.24) is 25.5 Å². The lowest BCUT2D eigenvalue weighted by molar-refractivity contribution is -0.122. The molecular formula is C17H16BrN5O. The summed E-state index contributed by atoms with van der Waals surface area (Å²) in [5.74, 6) is 0.314. The van der Waals surface area contributed by atoms with Gasteiger partial charge in [-0.1, -0.05) is 58.4 Å². The number of benzene rings is 2. The molecule has 1 aromatic heterocycles. The molecule has 3 rings (SSSR count). The van der Waals surface area contributed by atoms with Gasteiger partial charge in [-0.3, -0.25) is 4.79 Å². The molecule has 6 nitrogen and oxygen atoms in total. The third kappa shape index (κ3) is 3.86. The molecule has 0 radical (unpaired) electrons. The van der Waals surface area contributed by atoms with Crippen LogP contribution in [0.25, 0.3) is 11.4 Å². The van der Waals surface area contributed by atoms with Crippen molar-refractivity contribution in [3.05, 3.63) is 64.6 Å². The van der Waals surface area contributed by atoms with Crippen LogP contribution in [0.2, 0.25) is 0 Å². The van der Waals surface area contributed by atoms with Crippen molar-refractivity contribution in [3.63, 3.8) is 0 Å². The van der Waals surface area contributed by atoms with E-state index in [9.17, 15) is 4.79 Å². The molecule has 122 valence electrons. The van der Waals surface area contributed by atoms with Gasteiger partial charge in [0, 0.05) is 10.0 Å². The van der Waals surface area contributed by atoms with Gasteiger partial charge in [0.1, 0.15) is 6.54 Å². The fourth-order valence-corrected chi connectivity index (χ4v) is 2.76. The first kappa shape index (κ1) is 16.3. The molecule has 0 saturated heterocycles. The fraction of sp³-hybridized carbons (Fsp3) is 0.176. The smallest absolute Gasteiger partial charge is 0.244 e. The summed E-state index contributed by atoms with van der Waals surface area (Å²) in [6.07, 6.45) is 0. The van der Waals surface area contributed by atoms with Crippen LogP contribution < -0.4 is 5.32 Å². The molecule has 0 spiro atoms. The van der Waals surface area contributed by atoms with E-state index in [1.54, 1.807) is 0 Å². The molecule has 1 heterocycles. The number of halogens is 1. The van der Waals surface area contributed by atoms with E-state index < -0.39 is 0 Å². The quantitative estimate of drug-likeness (QED) is 0.732. The highest BCUT2D eigenvalue weighted by atomic mass is 79.9. The van der Waals surface area contributed by atoms with Gasteiger partial charge in [0.2, 0.25) is 11.7 Å². The second-order valence-electron chi connectivity index (χ2n) is 5.32. The van der Waals surface area contributed by atoms with Crippen molar-refractivity contribution in [3.8, 4) is 11.4 Å². The summed E-state index contributed by atoms with van der Waals surface area (Å²) in [7, 11) is 0. The summed E-state index contributed by atoms with van der Waals surface area (Å²) in [5, 5.41) is 15.2. The van der Waals surface area contributed by atoms with E-state index in [-0.39, 0.29) is 18.5 Å². The van der Waals surface area contributed by atoms with Gasteiger partial charge in [-0.05, 0) is 29.8 Å². The molecule has 1 atom stereocenters. The molecule has 0 fully saturated rings. The maximum absolute atomic E-state index is 12.2. The number of tetrazole rings is 1. The van der Waals surface area contributed by atoms with Gasteiger partial charge in [0.05, 0.1) is 6.04 Å². The minimum atomic E-state index is -0.164. The summed E-state index contributed by atoms with van der Waals surface area (Å²) in [4.78, 5) is 13.5. The average molecular weight is 386 g/mol. The van der Waals surface area contributed by atoms with E-state index in [0.29, 0.717) is 5.82 Å². The summed E-state index contributed by atoms with van der Waals surface area (Å²) in [6, 6.07) is 17.3. The van der Waals surface area contributed by atoms with Gasteiger partial charge >= 0.3 is 0 Å². The molecule has 0 saturated carbocycles. The normalized spacial score (nSPS) is 11.9. The SMILES string of the molecule is C[C@@H](NC(=O)Cn1nnc(-c2ccccc2Br)n1)c1ccccc1. The minimum absolute atomic E-state index is 0.0224. The van der Waals surface area contributed by atoms with E-state index in [1.165, 1.54) is 4.80 Å². The van der Waals surface area contributed by atoms with Crippen LogP contribution in [-0.2, 0) is 11.3 Å². The molecule has 0 aliphatic rings. The first-order chi connectivity index (χ1) is 11.6. The van der Waals surface area contributed by atoms with E-state index in [2.05, 4.69) is 36.7 Å². The molecule has 7 heteroatoms. The van der Waals surface area contributed by atoms with Crippen LogP contribution in [0.5, 0.6) is 0 Å². The van der Waals surface area contributed by atoms with Crippen molar-refractivity contribution in [1.29, 1.82) is 0 Å². The number of nitrogens with zero attached hydrogens (tertiary/aromatic N) is 4. The lowest BCUT2D eigenvalue weighted by Crippen LogP contribution is -2.30. The molecule has 1 amide bonds. The van der Waals surface area contributed by atoms with Crippen molar-refractivity contribution in [2.75, 3.05) is 0 Å². The summed E-state index contributed by atoms with van der Waals surface area (Å²) in [5.41, 5.74) is 1.88. The van der Waals surface area contributed by atoms with Crippen molar-refractivity contribution >= 4 is 21.8 Å². The van der Waals surface area contributed by atoms with Crippen molar-refractivity contribution < 1.29 is 4.79 Å².